The molecule has 84 valence electrons. The van der Waals surface area contributed by atoms with Gasteiger partial charge in [-0.15, -0.1) is 0 Å². The van der Waals surface area contributed by atoms with E-state index in [0.29, 0.717) is 24.0 Å². The van der Waals surface area contributed by atoms with Crippen molar-refractivity contribution in [3.8, 4) is 0 Å². The van der Waals surface area contributed by atoms with Gasteiger partial charge in [-0.1, -0.05) is 6.92 Å². The number of nitrogens with zero attached hydrogens (tertiary/aromatic N) is 1. The second-order valence-electron chi connectivity index (χ2n) is 4.56. The predicted molar refractivity (Wildman–Crippen MR) is 57.2 cm³/mol. The summed E-state index contributed by atoms with van der Waals surface area (Å²) in [5.74, 6) is 1.22. The summed E-state index contributed by atoms with van der Waals surface area (Å²) in [5.41, 5.74) is 0. The van der Waals surface area contributed by atoms with Crippen molar-refractivity contribution < 1.29 is 9.84 Å². The van der Waals surface area contributed by atoms with Crippen LogP contribution in [0.4, 0.5) is 0 Å². The Morgan fingerprint density at radius 2 is 1.86 bits per heavy atom. The standard InChI is InChI=1S/C11H23NO2/c1-8-9(2)14-10(3)11(8)7-12(4)5-6-13/h8-11,13H,5-7H2,1-4H3. The first kappa shape index (κ1) is 12.0. The van der Waals surface area contributed by atoms with Gasteiger partial charge in [-0.25, -0.2) is 0 Å². The Kier molecular flexibility index (Phi) is 4.35. The first-order chi connectivity index (χ1) is 6.56. The van der Waals surface area contributed by atoms with Crippen molar-refractivity contribution >= 4 is 0 Å². The lowest BCUT2D eigenvalue weighted by Gasteiger charge is -2.24. The third-order valence-electron chi connectivity index (χ3n) is 3.45. The van der Waals surface area contributed by atoms with Crippen LogP contribution < -0.4 is 0 Å². The second kappa shape index (κ2) is 5.10. The average Bonchev–Trinajstić information content (AvgIpc) is 2.33. The van der Waals surface area contributed by atoms with Gasteiger partial charge in [0.05, 0.1) is 18.8 Å². The molecule has 0 aromatic heterocycles. The van der Waals surface area contributed by atoms with Gasteiger partial charge in [-0.2, -0.15) is 0 Å². The summed E-state index contributed by atoms with van der Waals surface area (Å²) >= 11 is 0. The number of rotatable bonds is 4. The lowest BCUT2D eigenvalue weighted by atomic mass is 9.89. The summed E-state index contributed by atoms with van der Waals surface area (Å²) in [6.07, 6.45) is 0.721. The minimum absolute atomic E-state index is 0.238. The molecule has 0 aromatic carbocycles. The van der Waals surface area contributed by atoms with Crippen LogP contribution in [0.15, 0.2) is 0 Å². The molecule has 3 heteroatoms. The molecule has 0 radical (unpaired) electrons. The van der Waals surface area contributed by atoms with E-state index < -0.39 is 0 Å². The summed E-state index contributed by atoms with van der Waals surface area (Å²) in [4.78, 5) is 2.18. The molecule has 1 aliphatic heterocycles. The van der Waals surface area contributed by atoms with Gasteiger partial charge in [-0.3, -0.25) is 0 Å². The quantitative estimate of drug-likeness (QED) is 0.735. The third-order valence-corrected chi connectivity index (χ3v) is 3.45. The molecular weight excluding hydrogens is 178 g/mol. The van der Waals surface area contributed by atoms with Crippen LogP contribution in [0.3, 0.4) is 0 Å². The summed E-state index contributed by atoms with van der Waals surface area (Å²) in [6, 6.07) is 0. The van der Waals surface area contributed by atoms with E-state index in [1.54, 1.807) is 0 Å². The molecule has 1 rings (SSSR count). The molecule has 0 bridgehead atoms. The molecule has 0 saturated carbocycles. The molecule has 0 aromatic rings. The van der Waals surface area contributed by atoms with Gasteiger partial charge >= 0.3 is 0 Å². The van der Waals surface area contributed by atoms with Crippen molar-refractivity contribution in [2.24, 2.45) is 11.8 Å². The van der Waals surface area contributed by atoms with E-state index in [-0.39, 0.29) is 6.61 Å². The molecule has 4 atom stereocenters. The van der Waals surface area contributed by atoms with E-state index in [1.807, 2.05) is 0 Å². The van der Waals surface area contributed by atoms with E-state index in [0.717, 1.165) is 13.1 Å². The highest BCUT2D eigenvalue weighted by molar-refractivity contribution is 4.85. The Bertz CT molecular complexity index is 175. The number of likely N-dealkylation sites (N-methyl/N-ethyl adjacent to an activating group) is 1. The maximum atomic E-state index is 8.82. The van der Waals surface area contributed by atoms with Crippen LogP contribution in [-0.4, -0.2) is 49.0 Å². The van der Waals surface area contributed by atoms with Crippen molar-refractivity contribution in [1.29, 1.82) is 0 Å². The summed E-state index contributed by atoms with van der Waals surface area (Å²) < 4.78 is 5.78. The van der Waals surface area contributed by atoms with E-state index in [2.05, 4.69) is 32.7 Å². The number of hydrogen-bond acceptors (Lipinski definition) is 3. The lowest BCUT2D eigenvalue weighted by Crippen LogP contribution is -2.33. The number of hydrogen-bond donors (Lipinski definition) is 1. The molecular formula is C11H23NO2. The van der Waals surface area contributed by atoms with Crippen molar-refractivity contribution in [3.63, 3.8) is 0 Å². The van der Waals surface area contributed by atoms with Gasteiger partial charge in [0.25, 0.3) is 0 Å². The smallest absolute Gasteiger partial charge is 0.0594 e. The Morgan fingerprint density at radius 3 is 2.29 bits per heavy atom. The highest BCUT2D eigenvalue weighted by Crippen LogP contribution is 2.32. The van der Waals surface area contributed by atoms with Crippen molar-refractivity contribution in [1.82, 2.24) is 4.90 Å². The van der Waals surface area contributed by atoms with Crippen molar-refractivity contribution in [2.75, 3.05) is 26.7 Å². The highest BCUT2D eigenvalue weighted by Gasteiger charge is 2.36. The number of aliphatic hydroxyl groups is 1. The van der Waals surface area contributed by atoms with Gasteiger partial charge in [-0.05, 0) is 26.8 Å². The fraction of sp³-hybridized carbons (Fsp3) is 1.00. The van der Waals surface area contributed by atoms with Crippen LogP contribution in [0.2, 0.25) is 0 Å². The normalized spacial score (nSPS) is 38.1. The molecule has 0 spiro atoms. The van der Waals surface area contributed by atoms with Gasteiger partial charge in [0.15, 0.2) is 0 Å². The zero-order chi connectivity index (χ0) is 10.7. The molecule has 1 N–H and O–H groups in total. The minimum Gasteiger partial charge on any atom is -0.395 e. The zero-order valence-corrected chi connectivity index (χ0v) is 9.73. The SMILES string of the molecule is CC1OC(C)C(CN(C)CCO)C1C. The van der Waals surface area contributed by atoms with E-state index in [1.165, 1.54) is 0 Å². The monoisotopic (exact) mass is 201 g/mol. The van der Waals surface area contributed by atoms with Crippen LogP contribution in [-0.2, 0) is 4.74 Å². The molecule has 1 saturated heterocycles. The lowest BCUT2D eigenvalue weighted by molar-refractivity contribution is 0.0476. The van der Waals surface area contributed by atoms with Gasteiger partial charge in [0.2, 0.25) is 0 Å². The molecule has 0 aliphatic carbocycles. The number of aliphatic hydroxyl groups excluding tert-OH is 1. The Labute approximate surface area is 87.1 Å². The predicted octanol–water partition coefficient (Wildman–Crippen LogP) is 0.970. The van der Waals surface area contributed by atoms with E-state index in [4.69, 9.17) is 9.84 Å². The number of ether oxygens (including phenoxy) is 1. The fourth-order valence-electron chi connectivity index (χ4n) is 2.28. The summed E-state index contributed by atoms with van der Waals surface area (Å²) in [5, 5.41) is 8.82. The third kappa shape index (κ3) is 2.69. The molecule has 0 amide bonds. The Morgan fingerprint density at radius 1 is 1.21 bits per heavy atom. The molecule has 1 aliphatic rings. The molecule has 1 heterocycles. The van der Waals surface area contributed by atoms with Crippen molar-refractivity contribution in [2.45, 2.75) is 33.0 Å². The van der Waals surface area contributed by atoms with Crippen LogP contribution in [0.5, 0.6) is 0 Å². The Balaban J connectivity index is 2.43. The zero-order valence-electron chi connectivity index (χ0n) is 9.73. The maximum absolute atomic E-state index is 8.82. The second-order valence-corrected chi connectivity index (χ2v) is 4.56. The molecule has 4 unspecified atom stereocenters. The largest absolute Gasteiger partial charge is 0.395 e. The van der Waals surface area contributed by atoms with Crippen LogP contribution in [0.1, 0.15) is 20.8 Å². The van der Waals surface area contributed by atoms with Gasteiger partial charge in [0, 0.05) is 19.0 Å². The van der Waals surface area contributed by atoms with Crippen LogP contribution >= 0.6 is 0 Å². The average molecular weight is 201 g/mol. The Hall–Kier alpha value is -0.120. The van der Waals surface area contributed by atoms with Gasteiger partial charge < -0.3 is 14.7 Å². The topological polar surface area (TPSA) is 32.7 Å². The molecule has 3 nitrogen and oxygen atoms in total. The molecule has 1 fully saturated rings. The van der Waals surface area contributed by atoms with E-state index in [9.17, 15) is 0 Å². The van der Waals surface area contributed by atoms with Crippen LogP contribution in [0.25, 0.3) is 0 Å². The van der Waals surface area contributed by atoms with Crippen LogP contribution in [0, 0.1) is 11.8 Å². The molecule has 14 heavy (non-hydrogen) atoms. The highest BCUT2D eigenvalue weighted by atomic mass is 16.5. The van der Waals surface area contributed by atoms with Crippen molar-refractivity contribution in [3.05, 3.63) is 0 Å². The first-order valence-corrected chi connectivity index (χ1v) is 5.51. The minimum atomic E-state index is 0.238. The van der Waals surface area contributed by atoms with E-state index >= 15 is 0 Å². The summed E-state index contributed by atoms with van der Waals surface area (Å²) in [6.45, 7) is 8.57. The maximum Gasteiger partial charge on any atom is 0.0594 e. The fourth-order valence-corrected chi connectivity index (χ4v) is 2.28. The van der Waals surface area contributed by atoms with Gasteiger partial charge in [0.1, 0.15) is 0 Å². The summed E-state index contributed by atoms with van der Waals surface area (Å²) in [7, 11) is 2.05. The first-order valence-electron chi connectivity index (χ1n) is 5.51.